The van der Waals surface area contributed by atoms with Crippen LogP contribution < -0.4 is 14.4 Å². The van der Waals surface area contributed by atoms with Crippen LogP contribution >= 0.6 is 11.6 Å². The van der Waals surface area contributed by atoms with Crippen molar-refractivity contribution in [3.8, 4) is 5.75 Å². The predicted molar refractivity (Wildman–Crippen MR) is 188 cm³/mol. The highest BCUT2D eigenvalue weighted by atomic mass is 35.5. The number of carbonyl (C=O) groups excluding carboxylic acids is 2. The van der Waals surface area contributed by atoms with Crippen LogP contribution in [0.2, 0.25) is 5.02 Å². The van der Waals surface area contributed by atoms with E-state index < -0.39 is 21.7 Å². The predicted octanol–water partition coefficient (Wildman–Crippen LogP) is 7.55. The van der Waals surface area contributed by atoms with Gasteiger partial charge in [0.1, 0.15) is 27.7 Å². The number of furan rings is 1. The minimum atomic E-state index is -3.53. The molecule has 1 saturated carbocycles. The maximum atomic E-state index is 14.4. The Kier molecular flexibility index (Phi) is 10.6. The normalized spacial score (nSPS) is 27.2. The van der Waals surface area contributed by atoms with Crippen molar-refractivity contribution >= 4 is 39.0 Å². The number of benzene rings is 2. The SMILES string of the molecule is CO[C@H]1/C=C/C[C@H](C)C[S@@](=O)(NC(=O)c2coc(C)c2)=NC(=O)c2ccc3c(c2)N(Cc2ccc(Cl)cc2CCCCO3)C[C@@H]2CC[C@H]21. The van der Waals surface area contributed by atoms with Crippen molar-refractivity contribution in [2.24, 2.45) is 22.1 Å². The number of ether oxygens (including phenoxy) is 2. The molecular weight excluding hydrogens is 650 g/mol. The number of allylic oxidation sites excluding steroid dienone is 1. The van der Waals surface area contributed by atoms with Gasteiger partial charge in [-0.1, -0.05) is 36.7 Å². The molecule has 6 rings (SSSR count). The topological polar surface area (TPSA) is 110 Å². The molecule has 0 saturated heterocycles. The summed E-state index contributed by atoms with van der Waals surface area (Å²) in [5.74, 6) is 0.485. The molecule has 3 aliphatic rings. The first-order valence-electron chi connectivity index (χ1n) is 16.8. The van der Waals surface area contributed by atoms with Crippen LogP contribution in [0.1, 0.15) is 76.6 Å². The molecule has 5 atom stereocenters. The van der Waals surface area contributed by atoms with Gasteiger partial charge in [0.05, 0.1) is 29.7 Å². The zero-order chi connectivity index (χ0) is 33.8. The summed E-state index contributed by atoms with van der Waals surface area (Å²) in [7, 11) is -1.78. The van der Waals surface area contributed by atoms with Crippen molar-refractivity contribution in [2.75, 3.05) is 30.9 Å². The molecule has 2 aromatic carbocycles. The van der Waals surface area contributed by atoms with Crippen molar-refractivity contribution < 1.29 is 27.7 Å². The number of methoxy groups -OCH3 is 1. The van der Waals surface area contributed by atoms with Crippen LogP contribution in [-0.4, -0.2) is 48.1 Å². The number of anilines is 1. The lowest BCUT2D eigenvalue weighted by Gasteiger charge is -2.43. The number of aryl methyl sites for hydroxylation is 2. The number of fused-ring (bicyclic) bond motifs is 3. The zero-order valence-electron chi connectivity index (χ0n) is 27.8. The third-order valence-corrected chi connectivity index (χ3v) is 11.9. The minimum Gasteiger partial charge on any atom is -0.491 e. The Labute approximate surface area is 288 Å². The molecule has 48 heavy (non-hydrogen) atoms. The highest BCUT2D eigenvalue weighted by Crippen LogP contribution is 2.42. The van der Waals surface area contributed by atoms with E-state index in [4.69, 9.17) is 25.5 Å². The Hall–Kier alpha value is -3.60. The van der Waals surface area contributed by atoms with Crippen molar-refractivity contribution in [3.05, 3.63) is 93.9 Å². The largest absolute Gasteiger partial charge is 0.491 e. The summed E-state index contributed by atoms with van der Waals surface area (Å²) < 4.78 is 38.9. The first-order valence-corrected chi connectivity index (χ1v) is 18.8. The number of rotatable bonds is 3. The van der Waals surface area contributed by atoms with Gasteiger partial charge in [0, 0.05) is 30.8 Å². The Morgan fingerprint density at radius 1 is 1.12 bits per heavy atom. The van der Waals surface area contributed by atoms with Crippen LogP contribution in [0.25, 0.3) is 0 Å². The third-order valence-electron chi connectivity index (χ3n) is 9.65. The van der Waals surface area contributed by atoms with Crippen LogP contribution in [0.3, 0.4) is 0 Å². The summed E-state index contributed by atoms with van der Waals surface area (Å²) in [4.78, 5) is 29.4. The van der Waals surface area contributed by atoms with E-state index in [1.165, 1.54) is 17.4 Å². The van der Waals surface area contributed by atoms with E-state index in [0.717, 1.165) is 44.3 Å². The fourth-order valence-corrected chi connectivity index (χ4v) is 9.03. The third kappa shape index (κ3) is 7.98. The highest BCUT2D eigenvalue weighted by Gasteiger charge is 2.38. The van der Waals surface area contributed by atoms with Gasteiger partial charge in [-0.3, -0.25) is 14.3 Å². The van der Waals surface area contributed by atoms with Crippen LogP contribution in [0, 0.1) is 24.7 Å². The van der Waals surface area contributed by atoms with Crippen molar-refractivity contribution in [2.45, 2.75) is 65.0 Å². The van der Waals surface area contributed by atoms with E-state index in [9.17, 15) is 13.8 Å². The average Bonchev–Trinajstić information content (AvgIpc) is 3.47. The number of hydrogen-bond acceptors (Lipinski definition) is 7. The van der Waals surface area contributed by atoms with Gasteiger partial charge in [-0.25, -0.2) is 4.21 Å². The quantitative estimate of drug-likeness (QED) is 0.282. The molecule has 0 unspecified atom stereocenters. The molecular formula is C37H44ClN3O6S. The lowest BCUT2D eigenvalue weighted by atomic mass is 9.70. The van der Waals surface area contributed by atoms with Crippen molar-refractivity contribution in [1.29, 1.82) is 0 Å². The standard InChI is InChI=1S/C37H44ClN3O6S/c1-24-7-6-9-34(45-3)32-14-11-29(32)21-41-20-28-10-13-31(38)18-26(28)8-4-5-16-46-35-15-12-27(19-33(35)41)36(42)39-48(44,23-24)40-37(43)30-17-25(2)47-22-30/h6,9-10,12-13,15,17-19,22,24,29,32,34H,4-5,7-8,11,14,16,20-21,23H2,1-3H3,(H,39,40,42,43,44)/b9-6+/t24-,29-,32+,34-,48-/m0/s1. The summed E-state index contributed by atoms with van der Waals surface area (Å²) >= 11 is 6.45. The van der Waals surface area contributed by atoms with Gasteiger partial charge in [0.15, 0.2) is 0 Å². The Balaban J connectivity index is 1.45. The van der Waals surface area contributed by atoms with Crippen LogP contribution in [0.5, 0.6) is 5.75 Å². The van der Waals surface area contributed by atoms with Gasteiger partial charge in [0.25, 0.3) is 11.8 Å². The van der Waals surface area contributed by atoms with Crippen LogP contribution in [0.15, 0.2) is 69.7 Å². The van der Waals surface area contributed by atoms with Crippen LogP contribution in [-0.2, 0) is 27.6 Å². The molecule has 1 aliphatic carbocycles. The lowest BCUT2D eigenvalue weighted by molar-refractivity contribution is 0.0133. The second-order valence-corrected chi connectivity index (χ2v) is 15.8. The number of nitrogens with one attached hydrogen (secondary N) is 1. The van der Waals surface area contributed by atoms with E-state index in [-0.39, 0.29) is 28.9 Å². The summed E-state index contributed by atoms with van der Waals surface area (Å²) in [5, 5.41) is 0.712. The minimum absolute atomic E-state index is 0.00508. The number of hydrogen-bond donors (Lipinski definition) is 1. The first-order chi connectivity index (χ1) is 23.1. The van der Waals surface area contributed by atoms with Crippen LogP contribution in [0.4, 0.5) is 5.69 Å². The molecule has 1 aromatic heterocycles. The zero-order valence-corrected chi connectivity index (χ0v) is 29.4. The molecule has 1 fully saturated rings. The first kappa shape index (κ1) is 34.3. The molecule has 2 bridgehead atoms. The summed E-state index contributed by atoms with van der Waals surface area (Å²) in [6.07, 6.45) is 10.8. The molecule has 1 N–H and O–H groups in total. The van der Waals surface area contributed by atoms with Crippen molar-refractivity contribution in [3.63, 3.8) is 0 Å². The smallest absolute Gasteiger partial charge is 0.286 e. The number of carbonyl (C=O) groups is 2. The summed E-state index contributed by atoms with van der Waals surface area (Å²) in [6, 6.07) is 12.9. The summed E-state index contributed by atoms with van der Waals surface area (Å²) in [6.45, 7) is 5.52. The molecule has 3 aromatic rings. The molecule has 11 heteroatoms. The Morgan fingerprint density at radius 2 is 1.98 bits per heavy atom. The van der Waals surface area contributed by atoms with Gasteiger partial charge < -0.3 is 18.8 Å². The number of nitrogens with zero attached hydrogens (tertiary/aromatic N) is 2. The van der Waals surface area contributed by atoms with Gasteiger partial charge in [-0.2, -0.15) is 0 Å². The lowest BCUT2D eigenvalue weighted by Crippen LogP contribution is -2.43. The van der Waals surface area contributed by atoms with Gasteiger partial charge >= 0.3 is 0 Å². The van der Waals surface area contributed by atoms with E-state index in [0.29, 0.717) is 47.9 Å². The van der Waals surface area contributed by atoms with Gasteiger partial charge in [-0.05, 0) is 111 Å². The molecule has 3 heterocycles. The molecule has 256 valence electrons. The van der Waals surface area contributed by atoms with E-state index in [1.54, 1.807) is 32.2 Å². The van der Waals surface area contributed by atoms with Gasteiger partial charge in [0.2, 0.25) is 0 Å². The highest BCUT2D eigenvalue weighted by molar-refractivity contribution is 7.92. The van der Waals surface area contributed by atoms with Gasteiger partial charge in [-0.15, -0.1) is 4.36 Å². The average molecular weight is 694 g/mol. The molecule has 0 radical (unpaired) electrons. The molecule has 2 aliphatic heterocycles. The van der Waals surface area contributed by atoms with E-state index >= 15 is 0 Å². The van der Waals surface area contributed by atoms with E-state index in [1.807, 2.05) is 19.1 Å². The fourth-order valence-electron chi connectivity index (χ4n) is 6.94. The Bertz CT molecular complexity index is 1810. The maximum absolute atomic E-state index is 14.4. The van der Waals surface area contributed by atoms with E-state index in [2.05, 4.69) is 38.3 Å². The maximum Gasteiger partial charge on any atom is 0.286 e. The molecule has 9 nitrogen and oxygen atoms in total. The second kappa shape index (κ2) is 14.9. The molecule has 2 amide bonds. The monoisotopic (exact) mass is 693 g/mol. The number of amides is 2. The second-order valence-electron chi connectivity index (χ2n) is 13.3. The summed E-state index contributed by atoms with van der Waals surface area (Å²) in [5.41, 5.74) is 3.65. The fraction of sp³-hybridized carbons (Fsp3) is 0.459. The number of halogens is 1. The molecule has 0 spiro atoms. The Morgan fingerprint density at radius 3 is 2.73 bits per heavy atom. The van der Waals surface area contributed by atoms with Crippen molar-refractivity contribution in [1.82, 2.24) is 4.72 Å².